The molecule has 0 aliphatic heterocycles. The van der Waals surface area contributed by atoms with Gasteiger partial charge in [0, 0.05) is 17.8 Å². The van der Waals surface area contributed by atoms with Gasteiger partial charge in [0.05, 0.1) is 10.8 Å². The van der Waals surface area contributed by atoms with Gasteiger partial charge >= 0.3 is 0 Å². The first-order chi connectivity index (χ1) is 9.58. The Bertz CT molecular complexity index is 857. The molecule has 0 fully saturated rings. The Morgan fingerprint density at radius 2 is 1.85 bits per heavy atom. The van der Waals surface area contributed by atoms with E-state index in [-0.39, 0.29) is 5.75 Å². The van der Waals surface area contributed by atoms with Crippen LogP contribution in [0.3, 0.4) is 0 Å². The fourth-order valence-corrected chi connectivity index (χ4v) is 3.67. The van der Waals surface area contributed by atoms with Gasteiger partial charge in [0.1, 0.15) is 0 Å². The number of halogens is 1. The molecule has 0 amide bonds. The van der Waals surface area contributed by atoms with Crippen molar-refractivity contribution in [3.63, 3.8) is 0 Å². The summed E-state index contributed by atoms with van der Waals surface area (Å²) in [5, 5.41) is 1.12. The molecule has 0 N–H and O–H groups in total. The molecule has 0 spiro atoms. The predicted octanol–water partition coefficient (Wildman–Crippen LogP) is 3.07. The van der Waals surface area contributed by atoms with Gasteiger partial charge in [-0.2, -0.15) is 0 Å². The molecule has 0 aliphatic carbocycles. The number of hydrogen-bond donors (Lipinski definition) is 0. The quantitative estimate of drug-likeness (QED) is 0.747. The average Bonchev–Trinajstić information content (AvgIpc) is 2.85. The van der Waals surface area contributed by atoms with Crippen molar-refractivity contribution in [2.45, 2.75) is 5.75 Å². The van der Waals surface area contributed by atoms with Crippen molar-refractivity contribution in [2.24, 2.45) is 0 Å². The summed E-state index contributed by atoms with van der Waals surface area (Å²) < 4.78 is 26.1. The van der Waals surface area contributed by atoms with Crippen LogP contribution in [0.5, 0.6) is 0 Å². The first kappa shape index (κ1) is 13.1. The molecule has 4 nitrogen and oxygen atoms in total. The number of rotatable bonds is 3. The van der Waals surface area contributed by atoms with Gasteiger partial charge in [-0.15, -0.1) is 0 Å². The van der Waals surface area contributed by atoms with Gasteiger partial charge in [-0.1, -0.05) is 41.9 Å². The summed E-state index contributed by atoms with van der Waals surface area (Å²) in [6.45, 7) is 0. The summed E-state index contributed by atoms with van der Waals surface area (Å²) >= 11 is 6.03. The maximum absolute atomic E-state index is 12.5. The molecule has 6 heteroatoms. The highest BCUT2D eigenvalue weighted by molar-refractivity contribution is 7.89. The molecule has 2 heterocycles. The van der Waals surface area contributed by atoms with E-state index in [1.54, 1.807) is 24.3 Å². The van der Waals surface area contributed by atoms with Crippen molar-refractivity contribution in [3.8, 4) is 0 Å². The highest BCUT2D eigenvalue weighted by Gasteiger charge is 2.18. The lowest BCUT2D eigenvalue weighted by atomic mass is 10.2. The fourth-order valence-electron chi connectivity index (χ4n) is 2.06. The van der Waals surface area contributed by atoms with Crippen LogP contribution in [0.25, 0.3) is 11.0 Å². The van der Waals surface area contributed by atoms with Crippen molar-refractivity contribution in [2.75, 3.05) is 0 Å². The molecular weight excluding hydrogens is 296 g/mol. The van der Waals surface area contributed by atoms with E-state index >= 15 is 0 Å². The zero-order chi connectivity index (χ0) is 14.2. The number of fused-ring (bicyclic) bond motifs is 1. The number of hydrogen-bond acceptors (Lipinski definition) is 3. The van der Waals surface area contributed by atoms with E-state index in [1.807, 2.05) is 18.2 Å². The van der Waals surface area contributed by atoms with Gasteiger partial charge in [-0.3, -0.25) is 0 Å². The summed E-state index contributed by atoms with van der Waals surface area (Å²) in [6, 6.07) is 12.3. The molecule has 0 bridgehead atoms. The zero-order valence-electron chi connectivity index (χ0n) is 10.4. The van der Waals surface area contributed by atoms with E-state index in [0.717, 1.165) is 5.56 Å². The van der Waals surface area contributed by atoms with Crippen molar-refractivity contribution >= 4 is 32.7 Å². The summed E-state index contributed by atoms with van der Waals surface area (Å²) in [7, 11) is -3.52. The number of benzene rings is 1. The third-order valence-corrected chi connectivity index (χ3v) is 4.91. The Balaban J connectivity index is 2.08. The Morgan fingerprint density at radius 3 is 2.60 bits per heavy atom. The van der Waals surface area contributed by atoms with Crippen LogP contribution in [-0.4, -0.2) is 17.4 Å². The minimum atomic E-state index is -3.52. The predicted molar refractivity (Wildman–Crippen MR) is 79.2 cm³/mol. The lowest BCUT2D eigenvalue weighted by molar-refractivity contribution is 0.588. The van der Waals surface area contributed by atoms with Crippen LogP contribution in [0.2, 0.25) is 5.02 Å². The Kier molecular flexibility index (Phi) is 3.23. The highest BCUT2D eigenvalue weighted by atomic mass is 35.5. The van der Waals surface area contributed by atoms with E-state index in [0.29, 0.717) is 16.1 Å². The first-order valence-electron chi connectivity index (χ1n) is 5.97. The minimum Gasteiger partial charge on any atom is -0.237 e. The Labute approximate surface area is 121 Å². The summed E-state index contributed by atoms with van der Waals surface area (Å²) in [5.74, 6) is -0.0776. The van der Waals surface area contributed by atoms with E-state index in [9.17, 15) is 8.42 Å². The van der Waals surface area contributed by atoms with Gasteiger partial charge in [0.2, 0.25) is 10.0 Å². The van der Waals surface area contributed by atoms with E-state index in [2.05, 4.69) is 4.98 Å². The van der Waals surface area contributed by atoms with Crippen molar-refractivity contribution < 1.29 is 8.42 Å². The van der Waals surface area contributed by atoms with Crippen molar-refractivity contribution in [1.29, 1.82) is 0 Å². The van der Waals surface area contributed by atoms with Gasteiger partial charge in [-0.25, -0.2) is 17.4 Å². The minimum absolute atomic E-state index is 0.0776. The topological polar surface area (TPSA) is 52.0 Å². The van der Waals surface area contributed by atoms with Crippen LogP contribution in [0.15, 0.2) is 54.9 Å². The Hall–Kier alpha value is -1.85. The maximum atomic E-state index is 12.5. The number of aromatic nitrogens is 2. The van der Waals surface area contributed by atoms with Crippen LogP contribution in [0.1, 0.15) is 5.56 Å². The van der Waals surface area contributed by atoms with E-state index in [4.69, 9.17) is 11.6 Å². The number of pyridine rings is 1. The molecular formula is C14H11ClN2O2S. The standard InChI is InChI=1S/C14H11ClN2O2S/c15-13-6-8-16-14-12(13)7-9-17(14)20(18,19)10-11-4-2-1-3-5-11/h1-9H,10H2. The highest BCUT2D eigenvalue weighted by Crippen LogP contribution is 2.24. The second kappa shape index (κ2) is 4.92. The molecule has 0 aliphatic rings. The molecule has 20 heavy (non-hydrogen) atoms. The van der Waals surface area contributed by atoms with Gasteiger partial charge < -0.3 is 0 Å². The summed E-state index contributed by atoms with van der Waals surface area (Å²) in [4.78, 5) is 4.11. The van der Waals surface area contributed by atoms with Crippen molar-refractivity contribution in [3.05, 3.63) is 65.4 Å². The Morgan fingerprint density at radius 1 is 1.10 bits per heavy atom. The summed E-state index contributed by atoms with van der Waals surface area (Å²) in [5.41, 5.74) is 1.09. The van der Waals surface area contributed by atoms with Gasteiger partial charge in [-0.05, 0) is 17.7 Å². The molecule has 0 radical (unpaired) electrons. The average molecular weight is 307 g/mol. The molecule has 0 atom stereocenters. The van der Waals surface area contributed by atoms with E-state index < -0.39 is 10.0 Å². The normalized spacial score (nSPS) is 11.8. The molecule has 3 rings (SSSR count). The molecule has 0 saturated heterocycles. The monoisotopic (exact) mass is 306 g/mol. The third-order valence-electron chi connectivity index (χ3n) is 2.99. The largest absolute Gasteiger partial charge is 0.244 e. The van der Waals surface area contributed by atoms with Crippen molar-refractivity contribution in [1.82, 2.24) is 8.96 Å². The van der Waals surface area contributed by atoms with Gasteiger partial charge in [0.25, 0.3) is 0 Å². The smallest absolute Gasteiger partial charge is 0.237 e. The lowest BCUT2D eigenvalue weighted by Gasteiger charge is -2.07. The number of nitrogens with zero attached hydrogens (tertiary/aromatic N) is 2. The van der Waals surface area contributed by atoms with E-state index in [1.165, 1.54) is 16.4 Å². The zero-order valence-corrected chi connectivity index (χ0v) is 12.0. The summed E-state index contributed by atoms with van der Waals surface area (Å²) in [6.07, 6.45) is 2.99. The van der Waals surface area contributed by atoms with Crippen LogP contribution < -0.4 is 0 Å². The maximum Gasteiger partial charge on any atom is 0.244 e. The van der Waals surface area contributed by atoms with Crippen LogP contribution >= 0.6 is 11.6 Å². The van der Waals surface area contributed by atoms with Crippen LogP contribution in [0, 0.1) is 0 Å². The second-order valence-corrected chi connectivity index (χ2v) is 6.64. The first-order valence-corrected chi connectivity index (χ1v) is 7.95. The molecule has 1 aromatic carbocycles. The second-order valence-electron chi connectivity index (χ2n) is 4.38. The molecule has 2 aromatic heterocycles. The molecule has 0 unspecified atom stereocenters. The molecule has 3 aromatic rings. The molecule has 102 valence electrons. The molecule has 0 saturated carbocycles. The third kappa shape index (κ3) is 2.30. The SMILES string of the molecule is O=S(=O)(Cc1ccccc1)n1ccc2c(Cl)ccnc21. The fraction of sp³-hybridized carbons (Fsp3) is 0.0714. The lowest BCUT2D eigenvalue weighted by Crippen LogP contribution is -2.14. The van der Waals surface area contributed by atoms with Crippen LogP contribution in [-0.2, 0) is 15.8 Å². The van der Waals surface area contributed by atoms with Gasteiger partial charge in [0.15, 0.2) is 5.65 Å². The van der Waals surface area contributed by atoms with Crippen LogP contribution in [0.4, 0.5) is 0 Å².